The Hall–Kier alpha value is -1.46. The molecule has 2 amide bonds. The smallest absolute Gasteiger partial charge is 0.269 e. The van der Waals surface area contributed by atoms with E-state index >= 15 is 0 Å². The molecule has 22 heavy (non-hydrogen) atoms. The van der Waals surface area contributed by atoms with E-state index in [0.29, 0.717) is 24.3 Å². The molecule has 1 aliphatic carbocycles. The number of alkyl halides is 2. The van der Waals surface area contributed by atoms with Crippen molar-refractivity contribution in [1.29, 1.82) is 0 Å². The molecule has 1 aromatic rings. The first-order chi connectivity index (χ1) is 10.3. The minimum Gasteiger partial charge on any atom is -0.494 e. The van der Waals surface area contributed by atoms with Crippen LogP contribution >= 0.6 is 23.2 Å². The van der Waals surface area contributed by atoms with E-state index in [1.165, 1.54) is 0 Å². The number of benzene rings is 1. The highest BCUT2D eigenvalue weighted by molar-refractivity contribution is 6.53. The standard InChI is InChI=1S/C15H18Cl2N2O3/c1-3-8-22-11-6-4-10(5-7-11)12(20)18-19-13(21)14(2)9-15(14,16)17/h4-7H,3,8-9H2,1-2H3,(H,18,20)(H,19,21). The number of hydrogen-bond donors (Lipinski definition) is 2. The third-order valence-corrected chi connectivity index (χ3v) is 4.74. The quantitative estimate of drug-likeness (QED) is 0.637. The maximum Gasteiger partial charge on any atom is 0.269 e. The highest BCUT2D eigenvalue weighted by Gasteiger charge is 2.68. The summed E-state index contributed by atoms with van der Waals surface area (Å²) in [5, 5.41) is 0. The van der Waals surface area contributed by atoms with Crippen LogP contribution in [0.2, 0.25) is 0 Å². The summed E-state index contributed by atoms with van der Waals surface area (Å²) in [6.07, 6.45) is 1.27. The molecule has 1 aliphatic rings. The van der Waals surface area contributed by atoms with Crippen molar-refractivity contribution in [3.05, 3.63) is 29.8 Å². The molecule has 0 aromatic heterocycles. The summed E-state index contributed by atoms with van der Waals surface area (Å²) >= 11 is 11.8. The molecular weight excluding hydrogens is 327 g/mol. The molecule has 0 bridgehead atoms. The van der Waals surface area contributed by atoms with Gasteiger partial charge in [-0.05, 0) is 44.0 Å². The van der Waals surface area contributed by atoms with E-state index in [2.05, 4.69) is 10.9 Å². The van der Waals surface area contributed by atoms with Gasteiger partial charge in [0.25, 0.3) is 5.91 Å². The van der Waals surface area contributed by atoms with Crippen LogP contribution in [0.3, 0.4) is 0 Å². The zero-order valence-electron chi connectivity index (χ0n) is 12.4. The highest BCUT2D eigenvalue weighted by Crippen LogP contribution is 2.63. The Labute approximate surface area is 139 Å². The number of hydrazine groups is 1. The Morgan fingerprint density at radius 2 is 1.82 bits per heavy atom. The van der Waals surface area contributed by atoms with Gasteiger partial charge in [-0.1, -0.05) is 6.92 Å². The lowest BCUT2D eigenvalue weighted by Gasteiger charge is -2.13. The van der Waals surface area contributed by atoms with Gasteiger partial charge in [-0.3, -0.25) is 20.4 Å². The number of carbonyl (C=O) groups is 2. The first kappa shape index (κ1) is 16.9. The molecule has 1 atom stereocenters. The summed E-state index contributed by atoms with van der Waals surface area (Å²) in [6.45, 7) is 4.29. The number of amides is 2. The summed E-state index contributed by atoms with van der Waals surface area (Å²) in [4.78, 5) is 23.9. The second-order valence-electron chi connectivity index (χ2n) is 5.49. The monoisotopic (exact) mass is 344 g/mol. The van der Waals surface area contributed by atoms with Crippen LogP contribution in [-0.2, 0) is 4.79 Å². The summed E-state index contributed by atoms with van der Waals surface area (Å²) in [5.41, 5.74) is 4.23. The van der Waals surface area contributed by atoms with Crippen molar-refractivity contribution in [2.75, 3.05) is 6.61 Å². The predicted octanol–water partition coefficient (Wildman–Crippen LogP) is 2.82. The van der Waals surface area contributed by atoms with E-state index in [4.69, 9.17) is 27.9 Å². The van der Waals surface area contributed by atoms with E-state index in [-0.39, 0.29) is 0 Å². The fourth-order valence-electron chi connectivity index (χ4n) is 1.89. The molecule has 120 valence electrons. The molecular formula is C15H18Cl2N2O3. The Morgan fingerprint density at radius 3 is 2.32 bits per heavy atom. The first-order valence-corrected chi connectivity index (χ1v) is 7.77. The fraction of sp³-hybridized carbons (Fsp3) is 0.467. The molecule has 2 rings (SSSR count). The largest absolute Gasteiger partial charge is 0.494 e. The topological polar surface area (TPSA) is 67.4 Å². The van der Waals surface area contributed by atoms with Crippen molar-refractivity contribution in [3.63, 3.8) is 0 Å². The average Bonchev–Trinajstić information content (AvgIpc) is 3.02. The van der Waals surface area contributed by atoms with Gasteiger partial charge >= 0.3 is 0 Å². The van der Waals surface area contributed by atoms with Crippen LogP contribution in [-0.4, -0.2) is 22.8 Å². The third-order valence-electron chi connectivity index (χ3n) is 3.64. The molecule has 0 aliphatic heterocycles. The summed E-state index contributed by atoms with van der Waals surface area (Å²) in [7, 11) is 0. The van der Waals surface area contributed by atoms with Crippen molar-refractivity contribution in [2.24, 2.45) is 5.41 Å². The van der Waals surface area contributed by atoms with Crippen LogP contribution in [0.5, 0.6) is 5.75 Å². The van der Waals surface area contributed by atoms with E-state index < -0.39 is 21.6 Å². The van der Waals surface area contributed by atoms with E-state index in [9.17, 15) is 9.59 Å². The molecule has 1 saturated carbocycles. The Balaban J connectivity index is 1.86. The van der Waals surface area contributed by atoms with Gasteiger partial charge in [0.05, 0.1) is 12.0 Å². The Bertz CT molecular complexity index is 575. The van der Waals surface area contributed by atoms with Gasteiger partial charge in [-0.25, -0.2) is 0 Å². The number of ether oxygens (including phenoxy) is 1. The summed E-state index contributed by atoms with van der Waals surface area (Å²) in [6, 6.07) is 6.66. The van der Waals surface area contributed by atoms with Crippen LogP contribution in [0.1, 0.15) is 37.0 Å². The molecule has 5 nitrogen and oxygen atoms in total. The average molecular weight is 345 g/mol. The minimum absolute atomic E-state index is 0.355. The highest BCUT2D eigenvalue weighted by atomic mass is 35.5. The fourth-order valence-corrected chi connectivity index (χ4v) is 2.60. The molecule has 0 radical (unpaired) electrons. The number of nitrogens with one attached hydrogen (secondary N) is 2. The molecule has 7 heteroatoms. The second kappa shape index (κ2) is 6.34. The van der Waals surface area contributed by atoms with E-state index in [1.807, 2.05) is 6.92 Å². The van der Waals surface area contributed by atoms with Crippen LogP contribution in [0, 0.1) is 5.41 Å². The lowest BCUT2D eigenvalue weighted by Crippen LogP contribution is -2.45. The Kier molecular flexibility index (Phi) is 4.87. The second-order valence-corrected chi connectivity index (χ2v) is 6.98. The van der Waals surface area contributed by atoms with Gasteiger partial charge in [0.15, 0.2) is 0 Å². The van der Waals surface area contributed by atoms with E-state index in [0.717, 1.165) is 6.42 Å². The number of rotatable bonds is 5. The zero-order chi connectivity index (χ0) is 16.4. The lowest BCUT2D eigenvalue weighted by molar-refractivity contribution is -0.126. The van der Waals surface area contributed by atoms with Gasteiger partial charge in [0.1, 0.15) is 10.1 Å². The molecule has 0 saturated heterocycles. The van der Waals surface area contributed by atoms with Gasteiger partial charge in [0, 0.05) is 5.56 Å². The maximum atomic E-state index is 12.0. The Morgan fingerprint density at radius 1 is 1.23 bits per heavy atom. The van der Waals surface area contributed by atoms with Crippen molar-refractivity contribution in [1.82, 2.24) is 10.9 Å². The van der Waals surface area contributed by atoms with Gasteiger partial charge in [0.2, 0.25) is 5.91 Å². The molecule has 1 fully saturated rings. The van der Waals surface area contributed by atoms with Crippen molar-refractivity contribution in [3.8, 4) is 5.75 Å². The van der Waals surface area contributed by atoms with Crippen molar-refractivity contribution in [2.45, 2.75) is 31.0 Å². The van der Waals surface area contributed by atoms with Crippen LogP contribution in [0.15, 0.2) is 24.3 Å². The number of halogens is 2. The summed E-state index contributed by atoms with van der Waals surface area (Å²) in [5.74, 6) is -0.134. The lowest BCUT2D eigenvalue weighted by atomic mass is 10.1. The summed E-state index contributed by atoms with van der Waals surface area (Å²) < 4.78 is 4.36. The van der Waals surface area contributed by atoms with E-state index in [1.54, 1.807) is 31.2 Å². The molecule has 2 N–H and O–H groups in total. The molecule has 1 unspecified atom stereocenters. The first-order valence-electron chi connectivity index (χ1n) is 7.01. The van der Waals surface area contributed by atoms with Crippen molar-refractivity contribution >= 4 is 35.0 Å². The minimum atomic E-state index is -1.07. The SMILES string of the molecule is CCCOc1ccc(C(=O)NNC(=O)C2(C)CC2(Cl)Cl)cc1. The van der Waals surface area contributed by atoms with Crippen LogP contribution in [0.4, 0.5) is 0 Å². The van der Waals surface area contributed by atoms with Crippen LogP contribution in [0.25, 0.3) is 0 Å². The van der Waals surface area contributed by atoms with Crippen LogP contribution < -0.4 is 15.6 Å². The third kappa shape index (κ3) is 3.47. The number of carbonyl (C=O) groups excluding carboxylic acids is 2. The molecule has 0 heterocycles. The molecule has 0 spiro atoms. The van der Waals surface area contributed by atoms with Gasteiger partial charge in [-0.2, -0.15) is 0 Å². The van der Waals surface area contributed by atoms with Gasteiger partial charge in [-0.15, -0.1) is 23.2 Å². The molecule has 1 aromatic carbocycles. The maximum absolute atomic E-state index is 12.0. The predicted molar refractivity (Wildman–Crippen MR) is 85.0 cm³/mol. The van der Waals surface area contributed by atoms with Crippen molar-refractivity contribution < 1.29 is 14.3 Å². The normalized spacial score (nSPS) is 21.8. The van der Waals surface area contributed by atoms with Gasteiger partial charge < -0.3 is 4.74 Å². The zero-order valence-corrected chi connectivity index (χ0v) is 13.9. The number of hydrogen-bond acceptors (Lipinski definition) is 3.